The second-order valence-corrected chi connectivity index (χ2v) is 6.28. The molecule has 1 heterocycles. The zero-order valence-electron chi connectivity index (χ0n) is 11.9. The summed E-state index contributed by atoms with van der Waals surface area (Å²) in [5, 5.41) is 3.04. The van der Waals surface area contributed by atoms with Crippen molar-refractivity contribution in [2.24, 2.45) is 0 Å². The first-order valence-corrected chi connectivity index (χ1v) is 7.65. The van der Waals surface area contributed by atoms with Crippen LogP contribution >= 0.6 is 27.5 Å². The number of rotatable bonds is 3. The lowest BCUT2D eigenvalue weighted by atomic mass is 10.2. The Hall–Kier alpha value is -1.46. The van der Waals surface area contributed by atoms with Crippen molar-refractivity contribution in [3.63, 3.8) is 0 Å². The van der Waals surface area contributed by atoms with E-state index in [9.17, 15) is 4.79 Å². The molecule has 1 amide bonds. The molecule has 6 heteroatoms. The molecule has 0 unspecified atom stereocenters. The van der Waals surface area contributed by atoms with Gasteiger partial charge in [-0.05, 0) is 40.5 Å². The largest absolute Gasteiger partial charge is 0.320 e. The maximum atomic E-state index is 12.3. The van der Waals surface area contributed by atoms with Gasteiger partial charge in [-0.3, -0.25) is 4.79 Å². The maximum Gasteiger partial charge on any atom is 0.275 e. The summed E-state index contributed by atoms with van der Waals surface area (Å²) in [6.07, 6.45) is 1.46. The fourth-order valence-electron chi connectivity index (χ4n) is 1.72. The van der Waals surface area contributed by atoms with Crippen LogP contribution in [0.1, 0.15) is 41.6 Å². The van der Waals surface area contributed by atoms with Gasteiger partial charge in [-0.2, -0.15) is 0 Å². The summed E-state index contributed by atoms with van der Waals surface area (Å²) in [5.41, 5.74) is 1.95. The fraction of sp³-hybridized carbons (Fsp3) is 0.267. The Balaban J connectivity index is 2.30. The standard InChI is InChI=1S/C15H15BrClN3O/c1-8(2)14-18-7-11(17)13(20-14)15(21)19-12-5-4-9(3)6-10(12)16/h4-8H,1-3H3,(H,19,21). The molecule has 1 aromatic heterocycles. The fourth-order valence-corrected chi connectivity index (χ4v) is 2.49. The van der Waals surface area contributed by atoms with E-state index in [1.54, 1.807) is 0 Å². The zero-order valence-corrected chi connectivity index (χ0v) is 14.3. The number of anilines is 1. The molecular weight excluding hydrogens is 354 g/mol. The molecule has 0 radical (unpaired) electrons. The molecule has 1 aromatic carbocycles. The van der Waals surface area contributed by atoms with E-state index in [4.69, 9.17) is 11.6 Å². The zero-order chi connectivity index (χ0) is 15.6. The van der Waals surface area contributed by atoms with Gasteiger partial charge in [0.1, 0.15) is 5.82 Å². The van der Waals surface area contributed by atoms with E-state index in [1.165, 1.54) is 6.20 Å². The van der Waals surface area contributed by atoms with E-state index in [-0.39, 0.29) is 22.5 Å². The van der Waals surface area contributed by atoms with E-state index < -0.39 is 0 Å². The number of hydrogen-bond donors (Lipinski definition) is 1. The SMILES string of the molecule is Cc1ccc(NC(=O)c2nc(C(C)C)ncc2Cl)c(Br)c1. The van der Waals surface area contributed by atoms with Crippen LogP contribution in [0.25, 0.3) is 0 Å². The lowest BCUT2D eigenvalue weighted by Gasteiger charge is -2.10. The normalized spacial score (nSPS) is 10.8. The summed E-state index contributed by atoms with van der Waals surface area (Å²) >= 11 is 9.45. The molecule has 0 aliphatic heterocycles. The predicted molar refractivity (Wildman–Crippen MR) is 88.0 cm³/mol. The molecule has 0 aliphatic rings. The Labute approximate surface area is 137 Å². The lowest BCUT2D eigenvalue weighted by Crippen LogP contribution is -2.16. The minimum Gasteiger partial charge on any atom is -0.320 e. The molecule has 4 nitrogen and oxygen atoms in total. The number of halogens is 2. The maximum absolute atomic E-state index is 12.3. The van der Waals surface area contributed by atoms with Gasteiger partial charge in [-0.25, -0.2) is 9.97 Å². The van der Waals surface area contributed by atoms with Crippen molar-refractivity contribution >= 4 is 39.1 Å². The van der Waals surface area contributed by atoms with Crippen molar-refractivity contribution in [1.82, 2.24) is 9.97 Å². The molecule has 0 fully saturated rings. The second kappa shape index (κ2) is 6.54. The van der Waals surface area contributed by atoms with E-state index in [0.717, 1.165) is 10.0 Å². The average molecular weight is 369 g/mol. The summed E-state index contributed by atoms with van der Waals surface area (Å²) in [7, 11) is 0. The molecule has 0 bridgehead atoms. The summed E-state index contributed by atoms with van der Waals surface area (Å²) in [4.78, 5) is 20.7. The van der Waals surface area contributed by atoms with Crippen molar-refractivity contribution in [1.29, 1.82) is 0 Å². The van der Waals surface area contributed by atoms with Gasteiger partial charge < -0.3 is 5.32 Å². The summed E-state index contributed by atoms with van der Waals surface area (Å²) < 4.78 is 0.810. The third-order valence-corrected chi connectivity index (χ3v) is 3.80. The highest BCUT2D eigenvalue weighted by Crippen LogP contribution is 2.25. The first kappa shape index (κ1) is 15.9. The summed E-state index contributed by atoms with van der Waals surface area (Å²) in [6, 6.07) is 5.67. The highest BCUT2D eigenvalue weighted by Gasteiger charge is 2.16. The topological polar surface area (TPSA) is 54.9 Å². The van der Waals surface area contributed by atoms with Crippen molar-refractivity contribution in [2.45, 2.75) is 26.7 Å². The Kier molecular flexibility index (Phi) is 4.96. The number of nitrogens with zero attached hydrogens (tertiary/aromatic N) is 2. The highest BCUT2D eigenvalue weighted by atomic mass is 79.9. The molecular formula is C15H15BrClN3O. The van der Waals surface area contributed by atoms with Crippen LogP contribution < -0.4 is 5.32 Å². The van der Waals surface area contributed by atoms with Gasteiger partial charge in [0, 0.05) is 10.4 Å². The van der Waals surface area contributed by atoms with Gasteiger partial charge in [0.15, 0.2) is 5.69 Å². The number of hydrogen-bond acceptors (Lipinski definition) is 3. The number of nitrogens with one attached hydrogen (secondary N) is 1. The van der Waals surface area contributed by atoms with Crippen LogP contribution in [0.5, 0.6) is 0 Å². The molecule has 0 saturated heterocycles. The minimum absolute atomic E-state index is 0.125. The Bertz CT molecular complexity index is 689. The Morgan fingerprint density at radius 3 is 2.71 bits per heavy atom. The van der Waals surface area contributed by atoms with Gasteiger partial charge in [-0.1, -0.05) is 31.5 Å². The number of amides is 1. The van der Waals surface area contributed by atoms with E-state index >= 15 is 0 Å². The molecule has 0 aliphatic carbocycles. The molecule has 21 heavy (non-hydrogen) atoms. The number of aromatic nitrogens is 2. The monoisotopic (exact) mass is 367 g/mol. The third kappa shape index (κ3) is 3.80. The van der Waals surface area contributed by atoms with Crippen LogP contribution in [-0.2, 0) is 0 Å². The van der Waals surface area contributed by atoms with Gasteiger partial charge in [0.05, 0.1) is 16.9 Å². The molecule has 1 N–H and O–H groups in total. The average Bonchev–Trinajstić information content (AvgIpc) is 2.42. The lowest BCUT2D eigenvalue weighted by molar-refractivity contribution is 0.102. The molecule has 0 saturated carbocycles. The van der Waals surface area contributed by atoms with Crippen molar-refractivity contribution in [3.05, 3.63) is 51.0 Å². The van der Waals surface area contributed by atoms with Crippen molar-refractivity contribution in [2.75, 3.05) is 5.32 Å². The van der Waals surface area contributed by atoms with E-state index in [1.807, 2.05) is 39.0 Å². The van der Waals surface area contributed by atoms with Crippen LogP contribution in [0.3, 0.4) is 0 Å². The quantitative estimate of drug-likeness (QED) is 0.863. The number of carbonyl (C=O) groups is 1. The van der Waals surface area contributed by atoms with Crippen molar-refractivity contribution < 1.29 is 4.79 Å². The predicted octanol–water partition coefficient (Wildman–Crippen LogP) is 4.58. The third-order valence-electron chi connectivity index (χ3n) is 2.87. The van der Waals surface area contributed by atoms with Gasteiger partial charge in [-0.15, -0.1) is 0 Å². The number of benzene rings is 1. The van der Waals surface area contributed by atoms with E-state index in [2.05, 4.69) is 31.2 Å². The summed E-state index contributed by atoms with van der Waals surface area (Å²) in [6.45, 7) is 5.90. The molecule has 0 atom stereocenters. The Morgan fingerprint density at radius 2 is 2.10 bits per heavy atom. The Morgan fingerprint density at radius 1 is 1.38 bits per heavy atom. The smallest absolute Gasteiger partial charge is 0.275 e. The van der Waals surface area contributed by atoms with Gasteiger partial charge in [0.25, 0.3) is 5.91 Å². The minimum atomic E-state index is -0.353. The molecule has 110 valence electrons. The van der Waals surface area contributed by atoms with Gasteiger partial charge in [0.2, 0.25) is 0 Å². The van der Waals surface area contributed by atoms with Crippen LogP contribution in [0.4, 0.5) is 5.69 Å². The van der Waals surface area contributed by atoms with Crippen molar-refractivity contribution in [3.8, 4) is 0 Å². The van der Waals surface area contributed by atoms with Crippen LogP contribution in [0, 0.1) is 6.92 Å². The highest BCUT2D eigenvalue weighted by molar-refractivity contribution is 9.10. The van der Waals surface area contributed by atoms with Gasteiger partial charge >= 0.3 is 0 Å². The van der Waals surface area contributed by atoms with Crippen LogP contribution in [0.15, 0.2) is 28.9 Å². The first-order chi connectivity index (χ1) is 9.88. The van der Waals surface area contributed by atoms with Crippen LogP contribution in [-0.4, -0.2) is 15.9 Å². The molecule has 0 spiro atoms. The summed E-state index contributed by atoms with van der Waals surface area (Å²) in [5.74, 6) is 0.362. The second-order valence-electron chi connectivity index (χ2n) is 5.02. The van der Waals surface area contributed by atoms with E-state index in [0.29, 0.717) is 11.5 Å². The van der Waals surface area contributed by atoms with Crippen LogP contribution in [0.2, 0.25) is 5.02 Å². The first-order valence-electron chi connectivity index (χ1n) is 6.48. The number of carbonyl (C=O) groups excluding carboxylic acids is 1. The molecule has 2 aromatic rings. The number of aryl methyl sites for hydroxylation is 1. The molecule has 2 rings (SSSR count).